The van der Waals surface area contributed by atoms with Gasteiger partial charge in [0.2, 0.25) is 10.0 Å². The fourth-order valence-corrected chi connectivity index (χ4v) is 4.49. The van der Waals surface area contributed by atoms with Crippen molar-refractivity contribution in [1.29, 1.82) is 0 Å². The Bertz CT molecular complexity index is 570. The van der Waals surface area contributed by atoms with E-state index in [0.29, 0.717) is 23.7 Å². The van der Waals surface area contributed by atoms with Crippen LogP contribution in [0.5, 0.6) is 5.75 Å². The molecule has 0 bridgehead atoms. The van der Waals surface area contributed by atoms with Crippen LogP contribution in [0, 0.1) is 0 Å². The number of alkyl halides is 1. The highest BCUT2D eigenvalue weighted by molar-refractivity contribution is 7.89. The van der Waals surface area contributed by atoms with Gasteiger partial charge in [-0.2, -0.15) is 4.31 Å². The van der Waals surface area contributed by atoms with E-state index in [-0.39, 0.29) is 16.5 Å². The molecule has 0 spiro atoms. The SMILES string of the molecule is CCCN(CCC)S(=O)(=O)c1cc(Cl)cc(CCl)c1OC. The Morgan fingerprint density at radius 2 is 1.76 bits per heavy atom. The molecule has 4 nitrogen and oxygen atoms in total. The molecule has 0 N–H and O–H groups in total. The molecule has 1 rings (SSSR count). The van der Waals surface area contributed by atoms with Crippen LogP contribution in [0.1, 0.15) is 32.3 Å². The van der Waals surface area contributed by atoms with Gasteiger partial charge < -0.3 is 4.74 Å². The highest BCUT2D eigenvalue weighted by Crippen LogP contribution is 2.34. The number of halogens is 2. The van der Waals surface area contributed by atoms with E-state index in [2.05, 4.69) is 0 Å². The molecule has 1 aromatic carbocycles. The number of hydrogen-bond donors (Lipinski definition) is 0. The minimum Gasteiger partial charge on any atom is -0.495 e. The Balaban J connectivity index is 3.44. The van der Waals surface area contributed by atoms with Crippen LogP contribution in [-0.2, 0) is 15.9 Å². The predicted molar refractivity (Wildman–Crippen MR) is 86.9 cm³/mol. The van der Waals surface area contributed by atoms with Crippen LogP contribution in [-0.4, -0.2) is 32.9 Å². The van der Waals surface area contributed by atoms with E-state index in [1.54, 1.807) is 6.07 Å². The van der Waals surface area contributed by atoms with E-state index >= 15 is 0 Å². The van der Waals surface area contributed by atoms with Crippen molar-refractivity contribution < 1.29 is 13.2 Å². The van der Waals surface area contributed by atoms with Gasteiger partial charge >= 0.3 is 0 Å². The number of sulfonamides is 1. The zero-order valence-corrected chi connectivity index (χ0v) is 14.9. The first-order valence-electron chi connectivity index (χ1n) is 6.84. The highest BCUT2D eigenvalue weighted by atomic mass is 35.5. The summed E-state index contributed by atoms with van der Waals surface area (Å²) >= 11 is 11.9. The second kappa shape index (κ2) is 8.22. The molecule has 0 saturated heterocycles. The molecule has 0 aliphatic heterocycles. The van der Waals surface area contributed by atoms with E-state index in [9.17, 15) is 8.42 Å². The first-order chi connectivity index (χ1) is 9.92. The van der Waals surface area contributed by atoms with Crippen molar-refractivity contribution in [2.75, 3.05) is 20.2 Å². The van der Waals surface area contributed by atoms with Crippen LogP contribution in [0.4, 0.5) is 0 Å². The van der Waals surface area contributed by atoms with Gasteiger partial charge in [-0.05, 0) is 25.0 Å². The zero-order chi connectivity index (χ0) is 16.0. The van der Waals surface area contributed by atoms with Gasteiger partial charge in [-0.3, -0.25) is 0 Å². The van der Waals surface area contributed by atoms with Crippen LogP contribution >= 0.6 is 23.2 Å². The van der Waals surface area contributed by atoms with Crippen molar-refractivity contribution in [3.63, 3.8) is 0 Å². The topological polar surface area (TPSA) is 46.6 Å². The molecular weight excluding hydrogens is 333 g/mol. The number of rotatable bonds is 8. The molecule has 0 aromatic heterocycles. The standard InChI is InChI=1S/C14H21Cl2NO3S/c1-4-6-17(7-5-2)21(18,19)13-9-12(16)8-11(10-15)14(13)20-3/h8-9H,4-7,10H2,1-3H3. The molecule has 1 aromatic rings. The van der Waals surface area contributed by atoms with Gasteiger partial charge in [-0.25, -0.2) is 8.42 Å². The summed E-state index contributed by atoms with van der Waals surface area (Å²) in [5, 5.41) is 0.331. The number of nitrogens with zero attached hydrogens (tertiary/aromatic N) is 1. The summed E-state index contributed by atoms with van der Waals surface area (Å²) in [6.45, 7) is 4.80. The highest BCUT2D eigenvalue weighted by Gasteiger charge is 2.28. The third-order valence-electron chi connectivity index (χ3n) is 3.01. The maximum atomic E-state index is 12.9. The van der Waals surface area contributed by atoms with Crippen molar-refractivity contribution in [3.05, 3.63) is 22.7 Å². The normalized spacial score (nSPS) is 11.9. The molecule has 0 atom stereocenters. The lowest BCUT2D eigenvalue weighted by molar-refractivity contribution is 0.385. The molecular formula is C14H21Cl2NO3S. The molecule has 0 unspecified atom stereocenters. The summed E-state index contributed by atoms with van der Waals surface area (Å²) in [4.78, 5) is 0.0788. The summed E-state index contributed by atoms with van der Waals surface area (Å²) in [6, 6.07) is 3.04. The minimum atomic E-state index is -3.66. The Hall–Kier alpha value is -0.490. The van der Waals surface area contributed by atoms with E-state index in [4.69, 9.17) is 27.9 Å². The lowest BCUT2D eigenvalue weighted by atomic mass is 10.2. The zero-order valence-electron chi connectivity index (χ0n) is 12.5. The largest absolute Gasteiger partial charge is 0.495 e. The van der Waals surface area contributed by atoms with Gasteiger partial charge in [0.15, 0.2) is 0 Å². The first kappa shape index (κ1) is 18.6. The maximum absolute atomic E-state index is 12.9. The Morgan fingerprint density at radius 1 is 1.19 bits per heavy atom. The van der Waals surface area contributed by atoms with Crippen LogP contribution in [0.2, 0.25) is 5.02 Å². The van der Waals surface area contributed by atoms with Gasteiger partial charge in [0.05, 0.1) is 13.0 Å². The van der Waals surface area contributed by atoms with Crippen LogP contribution in [0.15, 0.2) is 17.0 Å². The van der Waals surface area contributed by atoms with Gasteiger partial charge in [-0.1, -0.05) is 25.4 Å². The van der Waals surface area contributed by atoms with Gasteiger partial charge in [-0.15, -0.1) is 11.6 Å². The Kier molecular flexibility index (Phi) is 7.27. The van der Waals surface area contributed by atoms with Crippen molar-refractivity contribution in [2.45, 2.75) is 37.5 Å². The molecule has 0 aliphatic rings. The minimum absolute atomic E-state index is 0.0788. The second-order valence-corrected chi connectivity index (χ2v) is 7.24. The van der Waals surface area contributed by atoms with E-state index in [0.717, 1.165) is 12.8 Å². The van der Waals surface area contributed by atoms with E-state index in [1.807, 2.05) is 13.8 Å². The molecule has 7 heteroatoms. The fourth-order valence-electron chi connectivity index (χ4n) is 2.14. The fraction of sp³-hybridized carbons (Fsp3) is 0.571. The van der Waals surface area contributed by atoms with Crippen molar-refractivity contribution in [1.82, 2.24) is 4.31 Å². The molecule has 21 heavy (non-hydrogen) atoms. The molecule has 0 saturated carbocycles. The van der Waals surface area contributed by atoms with Crippen molar-refractivity contribution in [3.8, 4) is 5.75 Å². The van der Waals surface area contributed by atoms with Crippen molar-refractivity contribution >= 4 is 33.2 Å². The van der Waals surface area contributed by atoms with Crippen molar-refractivity contribution in [2.24, 2.45) is 0 Å². The second-order valence-electron chi connectivity index (χ2n) is 4.63. The van der Waals surface area contributed by atoms with Crippen LogP contribution < -0.4 is 4.74 Å². The number of hydrogen-bond acceptors (Lipinski definition) is 3. The summed E-state index contributed by atoms with van der Waals surface area (Å²) in [5.41, 5.74) is 0.568. The molecule has 120 valence electrons. The monoisotopic (exact) mass is 353 g/mol. The van der Waals surface area contributed by atoms with Crippen LogP contribution in [0.3, 0.4) is 0 Å². The van der Waals surface area contributed by atoms with E-state index < -0.39 is 10.0 Å². The number of benzene rings is 1. The lowest BCUT2D eigenvalue weighted by Gasteiger charge is -2.23. The summed E-state index contributed by atoms with van der Waals surface area (Å²) in [7, 11) is -2.23. The maximum Gasteiger partial charge on any atom is 0.246 e. The third kappa shape index (κ3) is 4.25. The molecule has 0 amide bonds. The summed E-state index contributed by atoms with van der Waals surface area (Å²) in [5.74, 6) is 0.403. The van der Waals surface area contributed by atoms with Crippen LogP contribution in [0.25, 0.3) is 0 Å². The van der Waals surface area contributed by atoms with Gasteiger partial charge in [0.1, 0.15) is 10.6 Å². The first-order valence-corrected chi connectivity index (χ1v) is 9.20. The lowest BCUT2D eigenvalue weighted by Crippen LogP contribution is -2.33. The van der Waals surface area contributed by atoms with Gasteiger partial charge in [0, 0.05) is 23.7 Å². The molecule has 0 heterocycles. The van der Waals surface area contributed by atoms with E-state index in [1.165, 1.54) is 17.5 Å². The average Bonchev–Trinajstić information content (AvgIpc) is 2.45. The quantitative estimate of drug-likeness (QED) is 0.665. The molecule has 0 aliphatic carbocycles. The Morgan fingerprint density at radius 3 is 2.19 bits per heavy atom. The molecule has 0 fully saturated rings. The summed E-state index contributed by atoms with van der Waals surface area (Å²) < 4.78 is 32.4. The number of methoxy groups -OCH3 is 1. The smallest absolute Gasteiger partial charge is 0.246 e. The average molecular weight is 354 g/mol. The third-order valence-corrected chi connectivity index (χ3v) is 5.42. The summed E-state index contributed by atoms with van der Waals surface area (Å²) in [6.07, 6.45) is 1.48. The predicted octanol–water partition coefficient (Wildman–Crippen LogP) is 3.90. The molecule has 0 radical (unpaired) electrons. The number of ether oxygens (including phenoxy) is 1. The van der Waals surface area contributed by atoms with Gasteiger partial charge in [0.25, 0.3) is 0 Å². The Labute approximate surface area is 137 Å².